The Balaban J connectivity index is 4.57. The van der Waals surface area contributed by atoms with Gasteiger partial charge in [-0.05, 0) is 27.7 Å². The Hall–Kier alpha value is -1.04. The molecule has 88 valence electrons. The molecule has 0 aliphatic heterocycles. The molecule has 0 aromatic rings. The van der Waals surface area contributed by atoms with Crippen molar-refractivity contribution in [2.45, 2.75) is 33.3 Å². The molecule has 1 atom stereocenters. The van der Waals surface area contributed by atoms with Crippen LogP contribution in [0.3, 0.4) is 0 Å². The van der Waals surface area contributed by atoms with Gasteiger partial charge in [-0.2, -0.15) is 0 Å². The summed E-state index contributed by atoms with van der Waals surface area (Å²) in [6, 6.07) is 0. The molecule has 0 aromatic carbocycles. The van der Waals surface area contributed by atoms with Gasteiger partial charge in [-0.25, -0.2) is 13.7 Å². The summed E-state index contributed by atoms with van der Waals surface area (Å²) in [6.45, 7) is 6.34. The third kappa shape index (κ3) is 7.99. The van der Waals surface area contributed by atoms with E-state index in [-0.39, 0.29) is 5.78 Å². The lowest BCUT2D eigenvalue weighted by atomic mass is 10.2. The van der Waals surface area contributed by atoms with Gasteiger partial charge in [0.15, 0.2) is 5.78 Å². The van der Waals surface area contributed by atoms with Crippen molar-refractivity contribution in [1.82, 2.24) is 4.72 Å². The fourth-order valence-corrected chi connectivity index (χ4v) is 1.88. The summed E-state index contributed by atoms with van der Waals surface area (Å²) in [5.41, 5.74) is -0.657. The van der Waals surface area contributed by atoms with Crippen LogP contribution < -0.4 is 4.72 Å². The molecule has 0 aliphatic rings. The number of ether oxygens (including phenoxy) is 1. The molecule has 1 unspecified atom stereocenters. The summed E-state index contributed by atoms with van der Waals surface area (Å²) in [5.74, 6) is -0.362. The first-order valence-corrected chi connectivity index (χ1v) is 6.40. The highest BCUT2D eigenvalue weighted by atomic mass is 32.2. The first kappa shape index (κ1) is 14.0. The second-order valence-electron chi connectivity index (χ2n) is 4.24. The molecule has 0 radical (unpaired) electrons. The number of Topliss-reactive ketones (excluding diaryl/α,β-unsaturated/α-hetero) is 1. The van der Waals surface area contributed by atoms with Crippen molar-refractivity contribution in [3.8, 4) is 0 Å². The van der Waals surface area contributed by atoms with Crippen molar-refractivity contribution < 1.29 is 18.5 Å². The van der Waals surface area contributed by atoms with E-state index in [4.69, 9.17) is 4.74 Å². The predicted octanol–water partition coefficient (Wildman–Crippen LogP) is 0.732. The van der Waals surface area contributed by atoms with Crippen molar-refractivity contribution in [2.75, 3.05) is 6.26 Å². The molecule has 0 aliphatic carbocycles. The summed E-state index contributed by atoms with van der Waals surface area (Å²) in [5, 5.41) is 0.969. The monoisotopic (exact) mass is 235 g/mol. The number of hydrogen-bond donors (Lipinski definition) is 1. The van der Waals surface area contributed by atoms with E-state index in [0.717, 1.165) is 5.37 Å². The number of rotatable bonds is 2. The topological polar surface area (TPSA) is 72.5 Å². The molecule has 0 aromatic heterocycles. The number of carbonyl (C=O) groups is 2. The maximum absolute atomic E-state index is 11.6. The standard InChI is InChI=1S/C9H17NO4S/c1-7(11)6-15(5,13)10-8(12)14-9(2,3)4/h6H,1-5H3,(H,10,12,13). The normalized spacial score (nSPS) is 15.0. The number of nitrogens with one attached hydrogen (secondary N) is 1. The highest BCUT2D eigenvalue weighted by Crippen LogP contribution is 2.06. The zero-order chi connectivity index (χ0) is 12.3. The van der Waals surface area contributed by atoms with Gasteiger partial charge in [-0.1, -0.05) is 0 Å². The van der Waals surface area contributed by atoms with E-state index < -0.39 is 21.4 Å². The summed E-state index contributed by atoms with van der Waals surface area (Å²) < 4.78 is 18.6. The van der Waals surface area contributed by atoms with Crippen molar-refractivity contribution in [3.05, 3.63) is 0 Å². The minimum Gasteiger partial charge on any atom is -0.443 e. The fraction of sp³-hybridized carbons (Fsp3) is 0.667. The van der Waals surface area contributed by atoms with E-state index in [0.29, 0.717) is 0 Å². The zero-order valence-corrected chi connectivity index (χ0v) is 10.4. The molecule has 0 bridgehead atoms. The van der Waals surface area contributed by atoms with Crippen molar-refractivity contribution in [1.29, 1.82) is 0 Å². The van der Waals surface area contributed by atoms with E-state index in [9.17, 15) is 13.8 Å². The van der Waals surface area contributed by atoms with Gasteiger partial charge in [0.25, 0.3) is 0 Å². The van der Waals surface area contributed by atoms with Crippen LogP contribution in [0.1, 0.15) is 27.7 Å². The molecular formula is C9H17NO4S. The molecule has 5 nitrogen and oxygen atoms in total. The Morgan fingerprint density at radius 1 is 1.33 bits per heavy atom. The van der Waals surface area contributed by atoms with E-state index in [1.165, 1.54) is 13.2 Å². The summed E-state index contributed by atoms with van der Waals surface area (Å²) in [6.07, 6.45) is 0.464. The molecule has 15 heavy (non-hydrogen) atoms. The van der Waals surface area contributed by atoms with Crippen LogP contribution >= 0.6 is 0 Å². The van der Waals surface area contributed by atoms with Crippen LogP contribution in [0, 0.1) is 0 Å². The summed E-state index contributed by atoms with van der Waals surface area (Å²) >= 11 is 0. The Labute approximate surface area is 90.3 Å². The Morgan fingerprint density at radius 3 is 2.13 bits per heavy atom. The lowest BCUT2D eigenvalue weighted by Crippen LogP contribution is -2.37. The quantitative estimate of drug-likeness (QED) is 0.716. The Kier molecular flexibility index (Phi) is 4.33. The van der Waals surface area contributed by atoms with E-state index >= 15 is 0 Å². The molecule has 0 saturated carbocycles. The van der Waals surface area contributed by atoms with Gasteiger partial charge in [-0.3, -0.25) is 4.79 Å². The molecule has 0 saturated heterocycles. The minimum atomic E-state index is -2.80. The van der Waals surface area contributed by atoms with Crippen LogP contribution in [-0.4, -0.2) is 33.3 Å². The number of carbonyl (C=O) groups excluding carboxylic acids is 2. The number of amides is 1. The molecule has 6 heteroatoms. The zero-order valence-electron chi connectivity index (χ0n) is 9.62. The first-order valence-electron chi connectivity index (χ1n) is 4.37. The van der Waals surface area contributed by atoms with Gasteiger partial charge < -0.3 is 4.74 Å². The SMILES string of the molecule is CC(=O)C=S(C)(=O)NC(=O)OC(C)(C)C. The van der Waals surface area contributed by atoms with Gasteiger partial charge in [0, 0.05) is 6.26 Å². The van der Waals surface area contributed by atoms with E-state index in [1.807, 2.05) is 0 Å². The molecule has 1 N–H and O–H groups in total. The van der Waals surface area contributed by atoms with Crippen LogP contribution in [0.4, 0.5) is 4.79 Å². The smallest absolute Gasteiger partial charge is 0.419 e. The number of ketones is 1. The third-order valence-electron chi connectivity index (χ3n) is 1.08. The molecular weight excluding hydrogens is 218 g/mol. The van der Waals surface area contributed by atoms with Gasteiger partial charge >= 0.3 is 6.09 Å². The van der Waals surface area contributed by atoms with Crippen LogP contribution in [0.25, 0.3) is 0 Å². The molecule has 0 fully saturated rings. The Bertz CT molecular complexity index is 372. The van der Waals surface area contributed by atoms with Crippen LogP contribution in [-0.2, 0) is 19.2 Å². The van der Waals surface area contributed by atoms with Gasteiger partial charge in [0.05, 0.1) is 15.1 Å². The summed E-state index contributed by atoms with van der Waals surface area (Å²) in [4.78, 5) is 21.9. The molecule has 0 rings (SSSR count). The summed E-state index contributed by atoms with van der Waals surface area (Å²) in [7, 11) is -2.80. The van der Waals surface area contributed by atoms with E-state index in [2.05, 4.69) is 4.72 Å². The average Bonchev–Trinajstić information content (AvgIpc) is 1.73. The van der Waals surface area contributed by atoms with Crippen LogP contribution in [0.15, 0.2) is 0 Å². The van der Waals surface area contributed by atoms with Crippen LogP contribution in [0.2, 0.25) is 0 Å². The van der Waals surface area contributed by atoms with E-state index in [1.54, 1.807) is 20.8 Å². The van der Waals surface area contributed by atoms with Gasteiger partial charge in [0.1, 0.15) is 5.60 Å². The predicted molar refractivity (Wildman–Crippen MR) is 60.2 cm³/mol. The second kappa shape index (κ2) is 4.65. The maximum Gasteiger partial charge on any atom is 0.419 e. The molecule has 0 spiro atoms. The third-order valence-corrected chi connectivity index (χ3v) is 2.43. The van der Waals surface area contributed by atoms with Crippen molar-refractivity contribution >= 4 is 27.0 Å². The molecule has 0 heterocycles. The van der Waals surface area contributed by atoms with Crippen LogP contribution in [0.5, 0.6) is 0 Å². The Morgan fingerprint density at radius 2 is 1.80 bits per heavy atom. The fourth-order valence-electron chi connectivity index (χ4n) is 0.811. The highest BCUT2D eigenvalue weighted by molar-refractivity contribution is 8.00. The highest BCUT2D eigenvalue weighted by Gasteiger charge is 2.17. The maximum atomic E-state index is 11.6. The minimum absolute atomic E-state index is 0.362. The first-order chi connectivity index (χ1) is 6.52. The lowest BCUT2D eigenvalue weighted by molar-refractivity contribution is -0.110. The van der Waals surface area contributed by atoms with Crippen molar-refractivity contribution in [2.24, 2.45) is 0 Å². The van der Waals surface area contributed by atoms with Crippen molar-refractivity contribution in [3.63, 3.8) is 0 Å². The lowest BCUT2D eigenvalue weighted by Gasteiger charge is -2.20. The number of hydrogen-bond acceptors (Lipinski definition) is 4. The largest absolute Gasteiger partial charge is 0.443 e. The van der Waals surface area contributed by atoms with Gasteiger partial charge in [0.2, 0.25) is 0 Å². The molecule has 1 amide bonds. The van der Waals surface area contributed by atoms with Gasteiger partial charge in [-0.15, -0.1) is 0 Å². The second-order valence-corrected chi connectivity index (χ2v) is 6.48. The average molecular weight is 235 g/mol.